The molecule has 0 amide bonds. The highest BCUT2D eigenvalue weighted by molar-refractivity contribution is 7.85. The van der Waals surface area contributed by atoms with Gasteiger partial charge in [0.1, 0.15) is 12.4 Å². The lowest BCUT2D eigenvalue weighted by atomic mass is 10.0. The van der Waals surface area contributed by atoms with Crippen molar-refractivity contribution in [3.63, 3.8) is 0 Å². The van der Waals surface area contributed by atoms with Gasteiger partial charge < -0.3 is 4.74 Å². The molecule has 0 rings (SSSR count). The summed E-state index contributed by atoms with van der Waals surface area (Å²) >= 11 is 0. The number of rotatable bonds is 20. The first-order valence-electron chi connectivity index (χ1n) is 11.1. The number of carbonyl (C=O) groups is 1. The van der Waals surface area contributed by atoms with Crippen LogP contribution in [0.2, 0.25) is 0 Å². The highest BCUT2D eigenvalue weighted by Gasteiger charge is 2.07. The Morgan fingerprint density at radius 2 is 1.07 bits per heavy atom. The maximum atomic E-state index is 11.4. The van der Waals surface area contributed by atoms with E-state index in [2.05, 4.69) is 6.92 Å². The molecule has 0 atom stereocenters. The number of hydrogen-bond donors (Lipinski definition) is 1. The summed E-state index contributed by atoms with van der Waals surface area (Å²) in [6, 6.07) is 0. The Balaban J connectivity index is 3.17. The van der Waals surface area contributed by atoms with Crippen LogP contribution >= 0.6 is 0 Å². The van der Waals surface area contributed by atoms with Crippen LogP contribution in [0.1, 0.15) is 116 Å². The summed E-state index contributed by atoms with van der Waals surface area (Å²) in [5.74, 6) is -0.915. The summed E-state index contributed by atoms with van der Waals surface area (Å²) in [7, 11) is -4.05. The van der Waals surface area contributed by atoms with Gasteiger partial charge in [-0.05, 0) is 6.42 Å². The molecule has 0 aromatic heterocycles. The summed E-state index contributed by atoms with van der Waals surface area (Å²) in [5, 5.41) is 0. The van der Waals surface area contributed by atoms with Crippen molar-refractivity contribution >= 4 is 16.1 Å². The van der Waals surface area contributed by atoms with Gasteiger partial charge in [0.05, 0.1) is 0 Å². The van der Waals surface area contributed by atoms with Crippen molar-refractivity contribution in [2.75, 3.05) is 12.4 Å². The molecule has 0 saturated heterocycles. The van der Waals surface area contributed by atoms with Crippen molar-refractivity contribution in [1.29, 1.82) is 0 Å². The Kier molecular flexibility index (Phi) is 18.3. The number of ether oxygens (including phenoxy) is 1. The molecule has 5 nitrogen and oxygen atoms in total. The van der Waals surface area contributed by atoms with Crippen LogP contribution in [0.5, 0.6) is 0 Å². The fraction of sp³-hybridized carbons (Fsp3) is 0.952. The van der Waals surface area contributed by atoms with Gasteiger partial charge in [-0.15, -0.1) is 0 Å². The first kappa shape index (κ1) is 26.4. The Bertz CT molecular complexity index is 434. The van der Waals surface area contributed by atoms with E-state index in [4.69, 9.17) is 9.29 Å². The van der Waals surface area contributed by atoms with Crippen molar-refractivity contribution < 1.29 is 22.5 Å². The van der Waals surface area contributed by atoms with Gasteiger partial charge in [0, 0.05) is 6.42 Å². The molecule has 0 radical (unpaired) electrons. The van der Waals surface area contributed by atoms with Crippen LogP contribution in [0.3, 0.4) is 0 Å². The average Bonchev–Trinajstić information content (AvgIpc) is 2.60. The molecule has 0 heterocycles. The van der Waals surface area contributed by atoms with Gasteiger partial charge in [-0.25, -0.2) is 0 Å². The Hall–Kier alpha value is -0.620. The third kappa shape index (κ3) is 23.3. The molecular formula is C21H42O5S. The summed E-state index contributed by atoms with van der Waals surface area (Å²) < 4.78 is 34.3. The topological polar surface area (TPSA) is 80.7 Å². The summed E-state index contributed by atoms with van der Waals surface area (Å²) in [6.45, 7) is 1.99. The van der Waals surface area contributed by atoms with Crippen LogP contribution in [0.4, 0.5) is 0 Å². The predicted octanol–water partition coefficient (Wildman–Crippen LogP) is 6.07. The molecule has 0 fully saturated rings. The molecule has 6 heteroatoms. The minimum Gasteiger partial charge on any atom is -0.464 e. The van der Waals surface area contributed by atoms with E-state index in [1.165, 1.54) is 83.5 Å². The fourth-order valence-corrected chi connectivity index (χ4v) is 3.44. The molecule has 27 heavy (non-hydrogen) atoms. The third-order valence-corrected chi connectivity index (χ3v) is 5.52. The molecule has 162 valence electrons. The highest BCUT2D eigenvalue weighted by Crippen LogP contribution is 2.14. The minimum atomic E-state index is -4.05. The Morgan fingerprint density at radius 1 is 0.704 bits per heavy atom. The SMILES string of the molecule is CCCCCCCCCCCCCCCCCCC(=O)OCCS(=O)(=O)O. The smallest absolute Gasteiger partial charge is 0.305 e. The van der Waals surface area contributed by atoms with Crippen LogP contribution in [-0.2, 0) is 19.6 Å². The zero-order valence-electron chi connectivity index (χ0n) is 17.4. The molecule has 1 N–H and O–H groups in total. The minimum absolute atomic E-state index is 0.267. The largest absolute Gasteiger partial charge is 0.464 e. The van der Waals surface area contributed by atoms with E-state index in [-0.39, 0.29) is 12.6 Å². The highest BCUT2D eigenvalue weighted by atomic mass is 32.2. The van der Waals surface area contributed by atoms with Crippen LogP contribution in [0.15, 0.2) is 0 Å². The summed E-state index contributed by atoms with van der Waals surface area (Å²) in [6.07, 6.45) is 20.9. The zero-order chi connectivity index (χ0) is 20.2. The number of unbranched alkanes of at least 4 members (excludes halogenated alkanes) is 15. The monoisotopic (exact) mass is 406 g/mol. The maximum absolute atomic E-state index is 11.4. The van der Waals surface area contributed by atoms with Crippen molar-refractivity contribution in [2.45, 2.75) is 116 Å². The molecule has 0 spiro atoms. The van der Waals surface area contributed by atoms with Crippen LogP contribution < -0.4 is 0 Å². The van der Waals surface area contributed by atoms with Crippen molar-refractivity contribution in [1.82, 2.24) is 0 Å². The van der Waals surface area contributed by atoms with Gasteiger partial charge >= 0.3 is 5.97 Å². The average molecular weight is 407 g/mol. The predicted molar refractivity (Wildman–Crippen MR) is 112 cm³/mol. The van der Waals surface area contributed by atoms with E-state index >= 15 is 0 Å². The summed E-state index contributed by atoms with van der Waals surface area (Å²) in [5.41, 5.74) is 0. The third-order valence-electron chi connectivity index (χ3n) is 4.84. The lowest BCUT2D eigenvalue weighted by Crippen LogP contribution is -2.14. The van der Waals surface area contributed by atoms with E-state index in [9.17, 15) is 13.2 Å². The van der Waals surface area contributed by atoms with E-state index < -0.39 is 15.9 Å². The Labute approximate surface area is 167 Å². The second kappa shape index (κ2) is 18.7. The second-order valence-electron chi connectivity index (χ2n) is 7.56. The maximum Gasteiger partial charge on any atom is 0.305 e. The lowest BCUT2D eigenvalue weighted by molar-refractivity contribution is -0.143. The molecule has 0 aliphatic carbocycles. The summed E-state index contributed by atoms with van der Waals surface area (Å²) in [4.78, 5) is 11.4. The van der Waals surface area contributed by atoms with E-state index in [1.807, 2.05) is 0 Å². The van der Waals surface area contributed by atoms with Crippen molar-refractivity contribution in [2.24, 2.45) is 0 Å². The van der Waals surface area contributed by atoms with Crippen molar-refractivity contribution in [3.05, 3.63) is 0 Å². The van der Waals surface area contributed by atoms with Crippen LogP contribution in [0, 0.1) is 0 Å². The number of carbonyl (C=O) groups excluding carboxylic acids is 1. The molecule has 0 aliphatic rings. The lowest BCUT2D eigenvalue weighted by Gasteiger charge is -2.04. The quantitative estimate of drug-likeness (QED) is 0.151. The molecule has 0 aliphatic heterocycles. The second-order valence-corrected chi connectivity index (χ2v) is 9.13. The van der Waals surface area contributed by atoms with Gasteiger partial charge in [0.2, 0.25) is 0 Å². The Morgan fingerprint density at radius 3 is 1.44 bits per heavy atom. The van der Waals surface area contributed by atoms with E-state index in [0.717, 1.165) is 19.3 Å². The molecule has 0 bridgehead atoms. The van der Waals surface area contributed by atoms with Gasteiger partial charge in [-0.1, -0.05) is 103 Å². The van der Waals surface area contributed by atoms with Crippen LogP contribution in [-0.4, -0.2) is 31.3 Å². The van der Waals surface area contributed by atoms with Crippen molar-refractivity contribution in [3.8, 4) is 0 Å². The first-order valence-corrected chi connectivity index (χ1v) is 12.7. The van der Waals surface area contributed by atoms with Gasteiger partial charge in [-0.3, -0.25) is 9.35 Å². The number of esters is 1. The molecule has 0 saturated carbocycles. The fourth-order valence-electron chi connectivity index (χ4n) is 3.15. The van der Waals surface area contributed by atoms with Gasteiger partial charge in [-0.2, -0.15) is 8.42 Å². The zero-order valence-corrected chi connectivity index (χ0v) is 18.2. The molecular weight excluding hydrogens is 364 g/mol. The van der Waals surface area contributed by atoms with E-state index in [0.29, 0.717) is 6.42 Å². The first-order chi connectivity index (χ1) is 13.0. The van der Waals surface area contributed by atoms with Gasteiger partial charge in [0.25, 0.3) is 10.1 Å². The standard InChI is InChI=1S/C21H42O5S/c1-2-3-4-5-6-7-8-9-10-11-12-13-14-15-16-17-18-21(22)26-19-20-27(23,24)25/h2-20H2,1H3,(H,23,24,25). The molecule has 0 aromatic carbocycles. The molecule has 0 unspecified atom stereocenters. The normalized spacial score (nSPS) is 11.6. The number of hydrogen-bond acceptors (Lipinski definition) is 4. The van der Waals surface area contributed by atoms with E-state index in [1.54, 1.807) is 0 Å². The molecule has 0 aromatic rings. The van der Waals surface area contributed by atoms with Gasteiger partial charge in [0.15, 0.2) is 0 Å². The van der Waals surface area contributed by atoms with Crippen LogP contribution in [0.25, 0.3) is 0 Å².